The maximum atomic E-state index is 12.2. The van der Waals surface area contributed by atoms with Gasteiger partial charge in [0.25, 0.3) is 0 Å². The Balaban J connectivity index is 0.00000450. The lowest BCUT2D eigenvalue weighted by Crippen LogP contribution is -2.37. The summed E-state index contributed by atoms with van der Waals surface area (Å²) in [5.74, 6) is 1.63. The van der Waals surface area contributed by atoms with Crippen molar-refractivity contribution in [3.63, 3.8) is 0 Å². The third-order valence-electron chi connectivity index (χ3n) is 3.95. The van der Waals surface area contributed by atoms with Crippen LogP contribution in [-0.4, -0.2) is 47.4 Å². The standard InChI is InChI=1S/C20H28N4O4S.HI/c1-4-28-19-14-17(10-11-18(19)27-3)24-20(21-2)22-12-13-29(25,26)23-15-16-8-6-5-7-9-16;/h5-11,14,23H,4,12-13,15H2,1-3H3,(H2,21,22,24);1H. The number of hydrogen-bond donors (Lipinski definition) is 3. The predicted octanol–water partition coefficient (Wildman–Crippen LogP) is 2.82. The lowest BCUT2D eigenvalue weighted by molar-refractivity contribution is 0.311. The van der Waals surface area contributed by atoms with Gasteiger partial charge >= 0.3 is 0 Å². The third-order valence-corrected chi connectivity index (χ3v) is 5.28. The van der Waals surface area contributed by atoms with Crippen molar-refractivity contribution in [2.75, 3.05) is 38.4 Å². The SMILES string of the molecule is CCOc1cc(NC(=NC)NCCS(=O)(=O)NCc2ccccc2)ccc1OC.I. The molecule has 8 nitrogen and oxygen atoms in total. The van der Waals surface area contributed by atoms with Crippen LogP contribution in [0.5, 0.6) is 11.5 Å². The fraction of sp³-hybridized carbons (Fsp3) is 0.350. The molecule has 30 heavy (non-hydrogen) atoms. The molecule has 0 atom stereocenters. The van der Waals surface area contributed by atoms with Gasteiger partial charge in [0.2, 0.25) is 10.0 Å². The topological polar surface area (TPSA) is 101 Å². The van der Waals surface area contributed by atoms with Gasteiger partial charge in [0.15, 0.2) is 17.5 Å². The Morgan fingerprint density at radius 2 is 1.83 bits per heavy atom. The van der Waals surface area contributed by atoms with Gasteiger partial charge in [-0.1, -0.05) is 30.3 Å². The highest BCUT2D eigenvalue weighted by atomic mass is 127. The number of nitrogens with zero attached hydrogens (tertiary/aromatic N) is 1. The summed E-state index contributed by atoms with van der Waals surface area (Å²) in [6.45, 7) is 2.88. The van der Waals surface area contributed by atoms with Crippen molar-refractivity contribution < 1.29 is 17.9 Å². The number of sulfonamides is 1. The van der Waals surface area contributed by atoms with Crippen LogP contribution < -0.4 is 24.8 Å². The van der Waals surface area contributed by atoms with Crippen LogP contribution in [0.2, 0.25) is 0 Å². The molecule has 0 aliphatic rings. The predicted molar refractivity (Wildman–Crippen MR) is 132 cm³/mol. The van der Waals surface area contributed by atoms with Crippen LogP contribution in [0, 0.1) is 0 Å². The molecule has 0 heterocycles. The van der Waals surface area contributed by atoms with Gasteiger partial charge in [0, 0.05) is 31.9 Å². The van der Waals surface area contributed by atoms with Crippen molar-refractivity contribution in [3.05, 3.63) is 54.1 Å². The van der Waals surface area contributed by atoms with Crippen LogP contribution in [0.4, 0.5) is 5.69 Å². The number of halogens is 1. The van der Waals surface area contributed by atoms with Crippen LogP contribution in [0.25, 0.3) is 0 Å². The lowest BCUT2D eigenvalue weighted by Gasteiger charge is -2.15. The normalized spacial score (nSPS) is 11.4. The van der Waals surface area contributed by atoms with Gasteiger partial charge in [0.1, 0.15) is 0 Å². The number of benzene rings is 2. The molecule has 10 heteroatoms. The zero-order chi connectivity index (χ0) is 21.1. The van der Waals surface area contributed by atoms with Crippen LogP contribution in [-0.2, 0) is 16.6 Å². The van der Waals surface area contributed by atoms with E-state index in [0.717, 1.165) is 11.3 Å². The summed E-state index contributed by atoms with van der Waals surface area (Å²) in [6.07, 6.45) is 0. The number of rotatable bonds is 10. The minimum absolute atomic E-state index is 0. The van der Waals surface area contributed by atoms with Gasteiger partial charge in [0.05, 0.1) is 19.5 Å². The maximum absolute atomic E-state index is 12.2. The molecule has 2 aromatic carbocycles. The first-order valence-electron chi connectivity index (χ1n) is 9.27. The summed E-state index contributed by atoms with van der Waals surface area (Å²) in [5.41, 5.74) is 1.65. The first-order chi connectivity index (χ1) is 14.0. The van der Waals surface area contributed by atoms with Gasteiger partial charge in [-0.15, -0.1) is 24.0 Å². The van der Waals surface area contributed by atoms with Crippen LogP contribution in [0.3, 0.4) is 0 Å². The number of anilines is 1. The monoisotopic (exact) mass is 548 g/mol. The molecule has 0 amide bonds. The number of nitrogens with one attached hydrogen (secondary N) is 3. The van der Waals surface area contributed by atoms with Crippen molar-refractivity contribution in [1.82, 2.24) is 10.0 Å². The highest BCUT2D eigenvalue weighted by molar-refractivity contribution is 14.0. The fourth-order valence-corrected chi connectivity index (χ4v) is 3.41. The molecule has 0 saturated heterocycles. The van der Waals surface area contributed by atoms with E-state index in [1.165, 1.54) is 0 Å². The molecule has 0 aliphatic carbocycles. The van der Waals surface area contributed by atoms with Crippen LogP contribution in [0.15, 0.2) is 53.5 Å². The van der Waals surface area contributed by atoms with E-state index in [1.54, 1.807) is 26.3 Å². The van der Waals surface area contributed by atoms with Gasteiger partial charge in [-0.3, -0.25) is 4.99 Å². The van der Waals surface area contributed by atoms with Gasteiger partial charge in [-0.05, 0) is 24.6 Å². The van der Waals surface area contributed by atoms with Crippen LogP contribution in [0.1, 0.15) is 12.5 Å². The third kappa shape index (κ3) is 8.76. The molecular weight excluding hydrogens is 519 g/mol. The number of guanidine groups is 1. The molecule has 2 aromatic rings. The summed E-state index contributed by atoms with van der Waals surface area (Å²) in [7, 11) is -0.215. The highest BCUT2D eigenvalue weighted by Gasteiger charge is 2.11. The Morgan fingerprint density at radius 1 is 1.10 bits per heavy atom. The van der Waals surface area contributed by atoms with Crippen molar-refractivity contribution >= 4 is 45.6 Å². The van der Waals surface area contributed by atoms with Crippen molar-refractivity contribution in [2.24, 2.45) is 4.99 Å². The molecule has 0 spiro atoms. The minimum atomic E-state index is -3.41. The smallest absolute Gasteiger partial charge is 0.213 e. The molecule has 0 aromatic heterocycles. The number of hydrogen-bond acceptors (Lipinski definition) is 5. The van der Waals surface area contributed by atoms with Crippen molar-refractivity contribution in [1.29, 1.82) is 0 Å². The first kappa shape index (κ1) is 26.0. The summed E-state index contributed by atoms with van der Waals surface area (Å²) in [6, 6.07) is 14.8. The molecule has 0 radical (unpaired) electrons. The van der Waals surface area contributed by atoms with E-state index >= 15 is 0 Å². The number of ether oxygens (including phenoxy) is 2. The summed E-state index contributed by atoms with van der Waals surface area (Å²) >= 11 is 0. The van der Waals surface area contributed by atoms with E-state index in [1.807, 2.05) is 43.3 Å². The Bertz CT molecular complexity index is 908. The van der Waals surface area contributed by atoms with E-state index in [4.69, 9.17) is 9.47 Å². The van der Waals surface area contributed by atoms with Crippen molar-refractivity contribution in [2.45, 2.75) is 13.5 Å². The van der Waals surface area contributed by atoms with Gasteiger partial charge in [-0.2, -0.15) is 0 Å². The largest absolute Gasteiger partial charge is 0.493 e. The maximum Gasteiger partial charge on any atom is 0.213 e. The summed E-state index contributed by atoms with van der Waals surface area (Å²) < 4.78 is 37.8. The average Bonchev–Trinajstić information content (AvgIpc) is 2.73. The zero-order valence-corrected chi connectivity index (χ0v) is 20.5. The zero-order valence-electron chi connectivity index (χ0n) is 17.3. The molecular formula is C20H29IN4O4S. The molecule has 0 saturated carbocycles. The first-order valence-corrected chi connectivity index (χ1v) is 10.9. The average molecular weight is 548 g/mol. The molecule has 0 bridgehead atoms. The lowest BCUT2D eigenvalue weighted by atomic mass is 10.2. The van der Waals surface area contributed by atoms with E-state index in [2.05, 4.69) is 20.3 Å². The Morgan fingerprint density at radius 3 is 2.47 bits per heavy atom. The Hall–Kier alpha value is -2.05. The Kier molecular flexibility index (Phi) is 11.5. The van der Waals surface area contributed by atoms with E-state index in [0.29, 0.717) is 24.1 Å². The highest BCUT2D eigenvalue weighted by Crippen LogP contribution is 2.30. The molecule has 0 aliphatic heterocycles. The number of methoxy groups -OCH3 is 1. The summed E-state index contributed by atoms with van der Waals surface area (Å²) in [5, 5.41) is 6.11. The second kappa shape index (κ2) is 13.3. The van der Waals surface area contributed by atoms with Gasteiger partial charge in [-0.25, -0.2) is 13.1 Å². The molecule has 3 N–H and O–H groups in total. The van der Waals surface area contributed by atoms with E-state index in [9.17, 15) is 8.42 Å². The minimum Gasteiger partial charge on any atom is -0.493 e. The van der Waals surface area contributed by atoms with Crippen LogP contribution >= 0.6 is 24.0 Å². The second-order valence-corrected chi connectivity index (χ2v) is 7.97. The quantitative estimate of drug-likeness (QED) is 0.240. The second-order valence-electron chi connectivity index (χ2n) is 6.05. The molecule has 166 valence electrons. The van der Waals surface area contributed by atoms with E-state index in [-0.39, 0.29) is 42.8 Å². The van der Waals surface area contributed by atoms with Gasteiger partial charge < -0.3 is 20.1 Å². The van der Waals surface area contributed by atoms with Crippen molar-refractivity contribution in [3.8, 4) is 11.5 Å². The fourth-order valence-electron chi connectivity index (χ4n) is 2.50. The number of aliphatic imine (C=N–C) groups is 1. The molecule has 2 rings (SSSR count). The molecule has 0 fully saturated rings. The Labute approximate surface area is 195 Å². The van der Waals surface area contributed by atoms with E-state index < -0.39 is 10.0 Å². The summed E-state index contributed by atoms with van der Waals surface area (Å²) in [4.78, 5) is 4.12. The molecule has 0 unspecified atom stereocenters.